The summed E-state index contributed by atoms with van der Waals surface area (Å²) in [5.74, 6) is 0. The summed E-state index contributed by atoms with van der Waals surface area (Å²) in [6, 6.07) is 7.05. The van der Waals surface area contributed by atoms with Crippen molar-refractivity contribution in [3.05, 3.63) is 50.6 Å². The van der Waals surface area contributed by atoms with Crippen molar-refractivity contribution in [1.29, 1.82) is 10.7 Å². The highest BCUT2D eigenvalue weighted by Gasteiger charge is 2.19. The minimum absolute atomic E-state index is 0.0385. The second-order valence-corrected chi connectivity index (χ2v) is 5.39. The Balaban J connectivity index is 2.26. The number of hydrogen-bond donors (Lipinski definition) is 1. The molecular formula is C14H10Cl2N4O. The molecule has 106 valence electrons. The molecule has 0 amide bonds. The van der Waals surface area contributed by atoms with Crippen molar-refractivity contribution in [3.8, 4) is 11.8 Å². The maximum atomic E-state index is 9.35. The van der Waals surface area contributed by atoms with Crippen LogP contribution in [0.2, 0.25) is 10.0 Å². The largest absolute Gasteiger partial charge is 0.375 e. The molecule has 21 heavy (non-hydrogen) atoms. The Morgan fingerprint density at radius 2 is 2.14 bits per heavy atom. The van der Waals surface area contributed by atoms with Gasteiger partial charge >= 0.3 is 0 Å². The van der Waals surface area contributed by atoms with Crippen LogP contribution in [0.25, 0.3) is 5.69 Å². The van der Waals surface area contributed by atoms with Crippen LogP contribution < -0.4 is 5.49 Å². The molecule has 0 radical (unpaired) electrons. The second kappa shape index (κ2) is 5.49. The summed E-state index contributed by atoms with van der Waals surface area (Å²) < 4.78 is 6.76. The van der Waals surface area contributed by atoms with Gasteiger partial charge in [-0.3, -0.25) is 5.41 Å². The van der Waals surface area contributed by atoms with Crippen LogP contribution in [0.1, 0.15) is 16.8 Å². The maximum Gasteiger partial charge on any atom is 0.164 e. The molecular weight excluding hydrogens is 311 g/mol. The van der Waals surface area contributed by atoms with E-state index in [9.17, 15) is 5.26 Å². The summed E-state index contributed by atoms with van der Waals surface area (Å²) in [7, 11) is 0. The summed E-state index contributed by atoms with van der Waals surface area (Å²) in [4.78, 5) is 0. The molecule has 1 aliphatic heterocycles. The van der Waals surface area contributed by atoms with Crippen molar-refractivity contribution in [3.63, 3.8) is 0 Å². The third-order valence-electron chi connectivity index (χ3n) is 3.31. The normalized spacial score (nSPS) is 13.6. The predicted molar refractivity (Wildman–Crippen MR) is 77.5 cm³/mol. The summed E-state index contributed by atoms with van der Waals surface area (Å²) in [5, 5.41) is 22.8. The lowest BCUT2D eigenvalue weighted by Gasteiger charge is -2.19. The van der Waals surface area contributed by atoms with Gasteiger partial charge in [0, 0.05) is 5.56 Å². The van der Waals surface area contributed by atoms with E-state index in [2.05, 4.69) is 11.2 Å². The topological polar surface area (TPSA) is 74.7 Å². The van der Waals surface area contributed by atoms with Gasteiger partial charge in [0.25, 0.3) is 0 Å². The summed E-state index contributed by atoms with van der Waals surface area (Å²) in [6.45, 7) is 0.880. The van der Waals surface area contributed by atoms with Crippen LogP contribution in [-0.4, -0.2) is 16.4 Å². The highest BCUT2D eigenvalue weighted by Crippen LogP contribution is 2.24. The average Bonchev–Trinajstić information content (AvgIpc) is 2.49. The molecule has 0 atom stereocenters. The standard InChI is InChI=1S/C14H10Cl2N4O/c15-11-2-1-8(5-12(11)16)20-14(18)10(6-17)9-3-4-21-7-13(9)19-20/h1-2,5,18H,3-4,7H2. The zero-order valence-corrected chi connectivity index (χ0v) is 12.4. The van der Waals surface area contributed by atoms with Crippen molar-refractivity contribution in [2.75, 3.05) is 6.61 Å². The van der Waals surface area contributed by atoms with Crippen molar-refractivity contribution in [2.24, 2.45) is 0 Å². The minimum atomic E-state index is 0.0385. The molecule has 0 unspecified atom stereocenters. The van der Waals surface area contributed by atoms with Gasteiger partial charge in [-0.25, -0.2) is 4.68 Å². The van der Waals surface area contributed by atoms with E-state index in [1.165, 1.54) is 4.68 Å². The highest BCUT2D eigenvalue weighted by molar-refractivity contribution is 6.42. The van der Waals surface area contributed by atoms with Gasteiger partial charge in [0.15, 0.2) is 5.49 Å². The highest BCUT2D eigenvalue weighted by atomic mass is 35.5. The van der Waals surface area contributed by atoms with E-state index < -0.39 is 0 Å². The van der Waals surface area contributed by atoms with E-state index in [-0.39, 0.29) is 5.49 Å². The van der Waals surface area contributed by atoms with Gasteiger partial charge in [-0.05, 0) is 24.6 Å². The molecule has 2 heterocycles. The van der Waals surface area contributed by atoms with Crippen LogP contribution in [0.3, 0.4) is 0 Å². The van der Waals surface area contributed by atoms with Crippen LogP contribution in [0, 0.1) is 16.7 Å². The number of rotatable bonds is 1. The summed E-state index contributed by atoms with van der Waals surface area (Å²) in [6.07, 6.45) is 0.597. The van der Waals surface area contributed by atoms with Gasteiger partial charge in [0.05, 0.1) is 34.6 Å². The smallest absolute Gasteiger partial charge is 0.164 e. The zero-order valence-electron chi connectivity index (χ0n) is 10.9. The third-order valence-corrected chi connectivity index (χ3v) is 4.05. The van der Waals surface area contributed by atoms with Crippen LogP contribution in [0.15, 0.2) is 18.2 Å². The molecule has 1 aromatic heterocycles. The number of benzene rings is 1. The Labute approximate surface area is 130 Å². The van der Waals surface area contributed by atoms with E-state index in [0.29, 0.717) is 46.6 Å². The molecule has 2 aromatic rings. The van der Waals surface area contributed by atoms with E-state index >= 15 is 0 Å². The van der Waals surface area contributed by atoms with Crippen molar-refractivity contribution >= 4 is 23.2 Å². The Morgan fingerprint density at radius 1 is 1.33 bits per heavy atom. The first-order valence-corrected chi connectivity index (χ1v) is 7.00. The fourth-order valence-corrected chi connectivity index (χ4v) is 2.57. The van der Waals surface area contributed by atoms with E-state index in [1.54, 1.807) is 18.2 Å². The second-order valence-electron chi connectivity index (χ2n) is 4.57. The lowest BCUT2D eigenvalue weighted by atomic mass is 10.0. The van der Waals surface area contributed by atoms with Crippen LogP contribution >= 0.6 is 23.2 Å². The number of nitrogens with zero attached hydrogens (tertiary/aromatic N) is 3. The molecule has 1 N–H and O–H groups in total. The molecule has 0 aliphatic carbocycles. The minimum Gasteiger partial charge on any atom is -0.375 e. The van der Waals surface area contributed by atoms with Crippen LogP contribution in [-0.2, 0) is 17.8 Å². The SMILES string of the molecule is N#Cc1c2c(nn(-c3ccc(Cl)c(Cl)c3)c1=N)COCC2. The molecule has 0 spiro atoms. The predicted octanol–water partition coefficient (Wildman–Crippen LogP) is 2.60. The van der Waals surface area contributed by atoms with Crippen molar-refractivity contribution < 1.29 is 4.74 Å². The summed E-state index contributed by atoms with van der Waals surface area (Å²) in [5.41, 5.74) is 2.43. The monoisotopic (exact) mass is 320 g/mol. The van der Waals surface area contributed by atoms with Crippen LogP contribution in [0.4, 0.5) is 0 Å². The number of fused-ring (bicyclic) bond motifs is 1. The molecule has 0 saturated heterocycles. The fraction of sp³-hybridized carbons (Fsp3) is 0.214. The molecule has 5 nitrogen and oxygen atoms in total. The quantitative estimate of drug-likeness (QED) is 0.877. The number of halogens is 2. The molecule has 7 heteroatoms. The Morgan fingerprint density at radius 3 is 2.86 bits per heavy atom. The number of aromatic nitrogens is 2. The Kier molecular flexibility index (Phi) is 3.68. The molecule has 0 fully saturated rings. The number of nitrogens with one attached hydrogen (secondary N) is 1. The van der Waals surface area contributed by atoms with Crippen LogP contribution in [0.5, 0.6) is 0 Å². The first-order chi connectivity index (χ1) is 10.1. The van der Waals surface area contributed by atoms with E-state index in [0.717, 1.165) is 5.56 Å². The molecule has 0 saturated carbocycles. The first-order valence-electron chi connectivity index (χ1n) is 6.24. The maximum absolute atomic E-state index is 9.35. The number of ether oxygens (including phenoxy) is 1. The van der Waals surface area contributed by atoms with Gasteiger partial charge in [-0.15, -0.1) is 0 Å². The first kappa shape index (κ1) is 14.1. The lowest BCUT2D eigenvalue weighted by Crippen LogP contribution is -2.30. The summed E-state index contributed by atoms with van der Waals surface area (Å²) >= 11 is 11.9. The van der Waals surface area contributed by atoms with Gasteiger partial charge in [0.2, 0.25) is 0 Å². The Hall–Kier alpha value is -1.87. The third kappa shape index (κ3) is 2.42. The van der Waals surface area contributed by atoms with E-state index in [4.69, 9.17) is 33.3 Å². The zero-order chi connectivity index (χ0) is 15.0. The molecule has 1 aliphatic rings. The van der Waals surface area contributed by atoms with Gasteiger partial charge < -0.3 is 4.74 Å². The molecule has 0 bridgehead atoms. The Bertz CT molecular complexity index is 823. The van der Waals surface area contributed by atoms with E-state index in [1.807, 2.05) is 0 Å². The van der Waals surface area contributed by atoms with Gasteiger partial charge in [0.1, 0.15) is 11.6 Å². The van der Waals surface area contributed by atoms with Gasteiger partial charge in [-0.1, -0.05) is 23.2 Å². The van der Waals surface area contributed by atoms with Gasteiger partial charge in [-0.2, -0.15) is 10.4 Å². The van der Waals surface area contributed by atoms with Crippen molar-refractivity contribution in [2.45, 2.75) is 13.0 Å². The number of hydrogen-bond acceptors (Lipinski definition) is 4. The molecule has 3 rings (SSSR count). The number of nitriles is 1. The lowest BCUT2D eigenvalue weighted by molar-refractivity contribution is 0.106. The average molecular weight is 321 g/mol. The molecule has 1 aromatic carbocycles. The fourth-order valence-electron chi connectivity index (χ4n) is 2.28. The van der Waals surface area contributed by atoms with Crippen molar-refractivity contribution in [1.82, 2.24) is 9.78 Å².